The number of nitrogens with zero attached hydrogens (tertiary/aromatic N) is 3. The lowest BCUT2D eigenvalue weighted by Crippen LogP contribution is -2.46. The molecule has 1 aromatic carbocycles. The van der Waals surface area contributed by atoms with Crippen LogP contribution in [0.1, 0.15) is 36.0 Å². The van der Waals surface area contributed by atoms with Crippen molar-refractivity contribution in [3.05, 3.63) is 42.2 Å². The van der Waals surface area contributed by atoms with E-state index in [1.165, 1.54) is 0 Å². The van der Waals surface area contributed by atoms with Gasteiger partial charge >= 0.3 is 0 Å². The fourth-order valence-corrected chi connectivity index (χ4v) is 4.02. The van der Waals surface area contributed by atoms with E-state index in [1.807, 2.05) is 34.1 Å². The highest BCUT2D eigenvalue weighted by Gasteiger charge is 2.33. The van der Waals surface area contributed by atoms with Crippen molar-refractivity contribution in [1.29, 1.82) is 0 Å². The maximum absolute atomic E-state index is 13.2. The van der Waals surface area contributed by atoms with Crippen LogP contribution in [0, 0.1) is 5.92 Å². The molecule has 0 saturated carbocycles. The summed E-state index contributed by atoms with van der Waals surface area (Å²) in [5.41, 5.74) is 1.44. The number of rotatable bonds is 3. The maximum Gasteiger partial charge on any atom is 0.254 e. The van der Waals surface area contributed by atoms with Crippen molar-refractivity contribution in [2.24, 2.45) is 5.92 Å². The molecule has 6 nitrogen and oxygen atoms in total. The Morgan fingerprint density at radius 1 is 1.04 bits per heavy atom. The number of piperidine rings is 1. The van der Waals surface area contributed by atoms with Crippen LogP contribution in [0.2, 0.25) is 0 Å². The number of carbonyl (C=O) groups is 2. The second-order valence-electron chi connectivity index (χ2n) is 7.11. The molecule has 0 aliphatic carbocycles. The van der Waals surface area contributed by atoms with Crippen LogP contribution in [0.5, 0.6) is 0 Å². The number of carbonyl (C=O) groups excluding carboxylic acids is 2. The molecule has 1 atom stereocenters. The van der Waals surface area contributed by atoms with Crippen LogP contribution in [0.4, 0.5) is 0 Å². The van der Waals surface area contributed by atoms with Gasteiger partial charge in [0.05, 0.1) is 11.5 Å². The molecule has 1 N–H and O–H groups in total. The molecule has 0 radical (unpaired) electrons. The summed E-state index contributed by atoms with van der Waals surface area (Å²) in [7, 11) is 0. The van der Waals surface area contributed by atoms with Gasteiger partial charge < -0.3 is 14.8 Å². The number of aromatic amines is 1. The van der Waals surface area contributed by atoms with Gasteiger partial charge in [-0.15, -0.1) is 0 Å². The number of likely N-dealkylation sites (tertiary alicyclic amines) is 2. The summed E-state index contributed by atoms with van der Waals surface area (Å²) in [6.45, 7) is 2.95. The first-order valence-corrected chi connectivity index (χ1v) is 9.41. The highest BCUT2D eigenvalue weighted by atomic mass is 16.2. The van der Waals surface area contributed by atoms with E-state index in [4.69, 9.17) is 0 Å². The average Bonchev–Trinajstić information content (AvgIpc) is 3.41. The van der Waals surface area contributed by atoms with Gasteiger partial charge in [0.25, 0.3) is 5.91 Å². The van der Waals surface area contributed by atoms with Crippen molar-refractivity contribution in [3.63, 3.8) is 0 Å². The first-order valence-electron chi connectivity index (χ1n) is 9.41. The summed E-state index contributed by atoms with van der Waals surface area (Å²) in [4.78, 5) is 37.1. The Labute approximate surface area is 153 Å². The van der Waals surface area contributed by atoms with Gasteiger partial charge in [0.1, 0.15) is 5.82 Å². The van der Waals surface area contributed by atoms with Crippen molar-refractivity contribution >= 4 is 11.8 Å². The smallest absolute Gasteiger partial charge is 0.254 e. The second kappa shape index (κ2) is 7.32. The van der Waals surface area contributed by atoms with Crippen LogP contribution in [-0.4, -0.2) is 57.8 Å². The molecule has 2 fully saturated rings. The highest BCUT2D eigenvalue weighted by molar-refractivity contribution is 6.00. The number of nitrogens with one attached hydrogen (secondary N) is 1. The Hall–Kier alpha value is -2.63. The molecular weight excluding hydrogens is 328 g/mol. The fourth-order valence-electron chi connectivity index (χ4n) is 4.02. The summed E-state index contributed by atoms with van der Waals surface area (Å²) >= 11 is 0. The zero-order valence-electron chi connectivity index (χ0n) is 14.9. The largest absolute Gasteiger partial charge is 0.345 e. The molecule has 1 aromatic heterocycles. The first kappa shape index (κ1) is 16.8. The van der Waals surface area contributed by atoms with Crippen LogP contribution in [0.25, 0.3) is 11.4 Å². The van der Waals surface area contributed by atoms with E-state index in [1.54, 1.807) is 12.4 Å². The third-order valence-corrected chi connectivity index (χ3v) is 5.39. The number of amides is 2. The molecule has 2 aliphatic heterocycles. The molecule has 2 saturated heterocycles. The average molecular weight is 352 g/mol. The molecule has 4 rings (SSSR count). The van der Waals surface area contributed by atoms with Gasteiger partial charge in [-0.2, -0.15) is 0 Å². The Balaban J connectivity index is 1.52. The minimum absolute atomic E-state index is 0.0177. The van der Waals surface area contributed by atoms with Gasteiger partial charge in [0.15, 0.2) is 0 Å². The number of H-pyrrole nitrogens is 1. The topological polar surface area (TPSA) is 69.3 Å². The summed E-state index contributed by atoms with van der Waals surface area (Å²) in [6, 6.07) is 7.52. The van der Waals surface area contributed by atoms with E-state index in [-0.39, 0.29) is 17.7 Å². The minimum atomic E-state index is -0.0680. The number of hydrogen-bond acceptors (Lipinski definition) is 3. The van der Waals surface area contributed by atoms with Gasteiger partial charge in [-0.1, -0.05) is 18.2 Å². The standard InChI is InChI=1S/C20H24N4O2/c25-19(23-11-3-4-12-23)15-6-5-13-24(14-15)20(26)17-8-2-1-7-16(17)18-21-9-10-22-18/h1-2,7-10,15H,3-6,11-14H2,(H,21,22). The Kier molecular flexibility index (Phi) is 4.73. The normalized spacial score (nSPS) is 20.4. The van der Waals surface area contributed by atoms with E-state index >= 15 is 0 Å². The number of aromatic nitrogens is 2. The predicted octanol–water partition coefficient (Wildman–Crippen LogP) is 2.55. The van der Waals surface area contributed by atoms with Gasteiger partial charge in [0.2, 0.25) is 5.91 Å². The van der Waals surface area contributed by atoms with E-state index < -0.39 is 0 Å². The van der Waals surface area contributed by atoms with E-state index in [9.17, 15) is 9.59 Å². The monoisotopic (exact) mass is 352 g/mol. The van der Waals surface area contributed by atoms with Crippen molar-refractivity contribution in [3.8, 4) is 11.4 Å². The van der Waals surface area contributed by atoms with Crippen LogP contribution < -0.4 is 0 Å². The van der Waals surface area contributed by atoms with Crippen LogP contribution in [0.3, 0.4) is 0 Å². The van der Waals surface area contributed by atoms with Gasteiger partial charge in [-0.25, -0.2) is 4.98 Å². The third kappa shape index (κ3) is 3.23. The summed E-state index contributed by atoms with van der Waals surface area (Å²) in [5, 5.41) is 0. The van der Waals surface area contributed by atoms with Crippen molar-refractivity contribution in [2.75, 3.05) is 26.2 Å². The molecule has 136 valence electrons. The SMILES string of the molecule is O=C(c1ccccc1-c1ncc[nH]1)N1CCCC(C(=O)N2CCCC2)C1. The predicted molar refractivity (Wildman–Crippen MR) is 98.5 cm³/mol. The molecule has 2 aliphatic rings. The lowest BCUT2D eigenvalue weighted by atomic mass is 9.95. The zero-order chi connectivity index (χ0) is 17.9. The molecular formula is C20H24N4O2. The van der Waals surface area contributed by atoms with E-state index in [0.717, 1.165) is 44.3 Å². The van der Waals surface area contributed by atoms with Crippen molar-refractivity contribution in [2.45, 2.75) is 25.7 Å². The molecule has 6 heteroatoms. The van der Waals surface area contributed by atoms with Crippen LogP contribution in [-0.2, 0) is 4.79 Å². The van der Waals surface area contributed by atoms with Gasteiger partial charge in [-0.05, 0) is 31.7 Å². The van der Waals surface area contributed by atoms with Crippen molar-refractivity contribution < 1.29 is 9.59 Å². The Bertz CT molecular complexity index is 781. The molecule has 3 heterocycles. The highest BCUT2D eigenvalue weighted by Crippen LogP contribution is 2.26. The molecule has 2 amide bonds. The van der Waals surface area contributed by atoms with Gasteiger partial charge in [-0.3, -0.25) is 9.59 Å². The second-order valence-corrected chi connectivity index (χ2v) is 7.11. The Morgan fingerprint density at radius 3 is 2.58 bits per heavy atom. The minimum Gasteiger partial charge on any atom is -0.345 e. The molecule has 0 spiro atoms. The molecule has 2 aromatic rings. The summed E-state index contributed by atoms with van der Waals surface area (Å²) < 4.78 is 0. The van der Waals surface area contributed by atoms with E-state index in [2.05, 4.69) is 9.97 Å². The number of imidazole rings is 1. The zero-order valence-corrected chi connectivity index (χ0v) is 14.9. The number of benzene rings is 1. The summed E-state index contributed by atoms with van der Waals surface area (Å²) in [5.74, 6) is 0.826. The lowest BCUT2D eigenvalue weighted by molar-refractivity contribution is -0.135. The summed E-state index contributed by atoms with van der Waals surface area (Å²) in [6.07, 6.45) is 7.37. The van der Waals surface area contributed by atoms with E-state index in [0.29, 0.717) is 24.5 Å². The Morgan fingerprint density at radius 2 is 1.81 bits per heavy atom. The quantitative estimate of drug-likeness (QED) is 0.923. The maximum atomic E-state index is 13.2. The lowest BCUT2D eigenvalue weighted by Gasteiger charge is -2.34. The molecule has 1 unspecified atom stereocenters. The first-order chi connectivity index (χ1) is 12.7. The molecule has 26 heavy (non-hydrogen) atoms. The fraction of sp³-hybridized carbons (Fsp3) is 0.450. The van der Waals surface area contributed by atoms with Crippen LogP contribution >= 0.6 is 0 Å². The molecule has 0 bridgehead atoms. The third-order valence-electron chi connectivity index (χ3n) is 5.39. The van der Waals surface area contributed by atoms with Crippen LogP contribution in [0.15, 0.2) is 36.7 Å². The number of hydrogen-bond donors (Lipinski definition) is 1. The van der Waals surface area contributed by atoms with Crippen molar-refractivity contribution in [1.82, 2.24) is 19.8 Å². The van der Waals surface area contributed by atoms with Gasteiger partial charge in [0, 0.05) is 44.1 Å².